The van der Waals surface area contributed by atoms with Crippen LogP contribution in [0, 0.1) is 6.92 Å². The summed E-state index contributed by atoms with van der Waals surface area (Å²) in [5.41, 5.74) is 5.63. The van der Waals surface area contributed by atoms with E-state index in [2.05, 4.69) is 25.8 Å². The summed E-state index contributed by atoms with van der Waals surface area (Å²) in [5.74, 6) is 6.58. The second-order valence-electron chi connectivity index (χ2n) is 4.41. The normalized spacial score (nSPS) is 10.9. The van der Waals surface area contributed by atoms with E-state index >= 15 is 0 Å². The number of nitrogens with one attached hydrogen (secondary N) is 2. The number of nitrogens with zero attached hydrogens (tertiary/aromatic N) is 4. The van der Waals surface area contributed by atoms with Gasteiger partial charge in [0.25, 0.3) is 0 Å². The van der Waals surface area contributed by atoms with Gasteiger partial charge < -0.3 is 5.32 Å². The molecule has 0 fully saturated rings. The first-order chi connectivity index (χ1) is 9.69. The van der Waals surface area contributed by atoms with Gasteiger partial charge in [0.2, 0.25) is 5.95 Å². The van der Waals surface area contributed by atoms with Crippen LogP contribution in [-0.4, -0.2) is 19.7 Å². The van der Waals surface area contributed by atoms with E-state index in [0.717, 1.165) is 27.3 Å². The average molecular weight is 289 g/mol. The number of thiophene rings is 1. The first-order valence-electron chi connectivity index (χ1n) is 6.12. The Labute approximate surface area is 119 Å². The smallest absolute Gasteiger partial charge is 0.239 e. The van der Waals surface area contributed by atoms with E-state index in [0.29, 0.717) is 12.5 Å². The number of nitrogen functional groups attached to an aromatic ring is 1. The minimum Gasteiger partial charge on any atom is -0.365 e. The molecule has 20 heavy (non-hydrogen) atoms. The van der Waals surface area contributed by atoms with Crippen LogP contribution in [0.25, 0.3) is 10.2 Å². The Morgan fingerprint density at radius 3 is 2.95 bits per heavy atom. The molecule has 7 nitrogen and oxygen atoms in total. The Kier molecular flexibility index (Phi) is 3.25. The van der Waals surface area contributed by atoms with Gasteiger partial charge in [-0.2, -0.15) is 10.1 Å². The Morgan fingerprint density at radius 1 is 1.40 bits per heavy atom. The maximum atomic E-state index is 5.40. The van der Waals surface area contributed by atoms with Crippen LogP contribution in [0.5, 0.6) is 0 Å². The van der Waals surface area contributed by atoms with Gasteiger partial charge in [-0.3, -0.25) is 10.1 Å². The highest BCUT2D eigenvalue weighted by atomic mass is 32.1. The zero-order valence-electron chi connectivity index (χ0n) is 11.2. The summed E-state index contributed by atoms with van der Waals surface area (Å²) in [5, 5.41) is 9.54. The number of rotatable bonds is 4. The van der Waals surface area contributed by atoms with Crippen LogP contribution in [-0.2, 0) is 13.6 Å². The van der Waals surface area contributed by atoms with Crippen LogP contribution >= 0.6 is 11.3 Å². The monoisotopic (exact) mass is 289 g/mol. The van der Waals surface area contributed by atoms with Crippen molar-refractivity contribution in [2.75, 3.05) is 10.7 Å². The second-order valence-corrected chi connectivity index (χ2v) is 5.32. The number of fused-ring (bicyclic) bond motifs is 1. The van der Waals surface area contributed by atoms with Crippen LogP contribution < -0.4 is 16.6 Å². The maximum absolute atomic E-state index is 5.40. The van der Waals surface area contributed by atoms with Crippen molar-refractivity contribution in [3.05, 3.63) is 28.9 Å². The van der Waals surface area contributed by atoms with Crippen molar-refractivity contribution in [3.8, 4) is 0 Å². The molecule has 0 aliphatic rings. The quantitative estimate of drug-likeness (QED) is 0.499. The number of nitrogens with two attached hydrogens (primary N) is 1. The SMILES string of the molecule is Cc1c(CNc2nc(NN)nc3ccsc23)cnn1C. The van der Waals surface area contributed by atoms with E-state index in [1.807, 2.05) is 36.3 Å². The molecule has 4 N–H and O–H groups in total. The third-order valence-corrected chi connectivity index (χ3v) is 4.13. The molecular weight excluding hydrogens is 274 g/mol. The zero-order chi connectivity index (χ0) is 14.1. The Morgan fingerprint density at radius 2 is 2.25 bits per heavy atom. The molecule has 0 radical (unpaired) electrons. The van der Waals surface area contributed by atoms with E-state index in [1.54, 1.807) is 11.3 Å². The van der Waals surface area contributed by atoms with Crippen LogP contribution in [0.2, 0.25) is 0 Å². The molecular formula is C12H15N7S. The molecule has 0 aliphatic carbocycles. The van der Waals surface area contributed by atoms with E-state index in [-0.39, 0.29) is 0 Å². The van der Waals surface area contributed by atoms with Crippen LogP contribution in [0.4, 0.5) is 11.8 Å². The molecule has 8 heteroatoms. The van der Waals surface area contributed by atoms with Gasteiger partial charge in [-0.05, 0) is 18.4 Å². The largest absolute Gasteiger partial charge is 0.365 e. The van der Waals surface area contributed by atoms with Gasteiger partial charge in [0.05, 0.1) is 16.4 Å². The lowest BCUT2D eigenvalue weighted by atomic mass is 10.2. The van der Waals surface area contributed by atoms with Crippen LogP contribution in [0.3, 0.4) is 0 Å². The number of aryl methyl sites for hydroxylation is 1. The Bertz CT molecular complexity index is 745. The van der Waals surface area contributed by atoms with Crippen LogP contribution in [0.15, 0.2) is 17.6 Å². The van der Waals surface area contributed by atoms with Crippen molar-refractivity contribution in [1.82, 2.24) is 19.7 Å². The number of hydrogen-bond acceptors (Lipinski definition) is 7. The fourth-order valence-electron chi connectivity index (χ4n) is 1.94. The van der Waals surface area contributed by atoms with E-state index in [9.17, 15) is 0 Å². The fraction of sp³-hybridized carbons (Fsp3) is 0.250. The summed E-state index contributed by atoms with van der Waals surface area (Å²) >= 11 is 1.60. The predicted molar refractivity (Wildman–Crippen MR) is 80.5 cm³/mol. The lowest BCUT2D eigenvalue weighted by Crippen LogP contribution is -2.12. The molecule has 0 saturated heterocycles. The molecule has 3 rings (SSSR count). The molecule has 3 heterocycles. The highest BCUT2D eigenvalue weighted by molar-refractivity contribution is 7.17. The van der Waals surface area contributed by atoms with Gasteiger partial charge in [-0.15, -0.1) is 11.3 Å². The van der Waals surface area contributed by atoms with Gasteiger partial charge in [0.1, 0.15) is 5.82 Å². The maximum Gasteiger partial charge on any atom is 0.239 e. The standard InChI is InChI=1S/C12H15N7S/c1-7-8(6-15-19(7)2)5-14-11-10-9(3-4-20-10)16-12(17-11)18-13/h3-4,6H,5,13H2,1-2H3,(H2,14,16,17,18). The summed E-state index contributed by atoms with van der Waals surface area (Å²) in [4.78, 5) is 8.67. The minimum atomic E-state index is 0.404. The first kappa shape index (κ1) is 12.8. The molecule has 0 atom stereocenters. The molecule has 0 unspecified atom stereocenters. The third kappa shape index (κ3) is 2.19. The van der Waals surface area contributed by atoms with Crippen LogP contribution in [0.1, 0.15) is 11.3 Å². The number of hydrogen-bond donors (Lipinski definition) is 3. The second kappa shape index (κ2) is 5.06. The predicted octanol–water partition coefficient (Wildman–Crippen LogP) is 1.63. The Hall–Kier alpha value is -2.19. The lowest BCUT2D eigenvalue weighted by molar-refractivity contribution is 0.738. The lowest BCUT2D eigenvalue weighted by Gasteiger charge is -2.08. The highest BCUT2D eigenvalue weighted by Gasteiger charge is 2.10. The third-order valence-electron chi connectivity index (χ3n) is 3.22. The van der Waals surface area contributed by atoms with Gasteiger partial charge in [0.15, 0.2) is 0 Å². The Balaban J connectivity index is 1.90. The molecule has 0 saturated carbocycles. The van der Waals surface area contributed by atoms with Gasteiger partial charge in [-0.25, -0.2) is 10.8 Å². The topological polar surface area (TPSA) is 93.7 Å². The minimum absolute atomic E-state index is 0.404. The molecule has 0 bridgehead atoms. The fourth-order valence-corrected chi connectivity index (χ4v) is 2.74. The number of hydrazine groups is 1. The van der Waals surface area contributed by atoms with E-state index in [1.165, 1.54) is 0 Å². The van der Waals surface area contributed by atoms with Crippen molar-refractivity contribution in [3.63, 3.8) is 0 Å². The van der Waals surface area contributed by atoms with Gasteiger partial charge in [0, 0.05) is 24.8 Å². The summed E-state index contributed by atoms with van der Waals surface area (Å²) < 4.78 is 2.87. The van der Waals surface area contributed by atoms with Crippen molar-refractivity contribution in [2.45, 2.75) is 13.5 Å². The molecule has 0 amide bonds. The average Bonchev–Trinajstić information content (AvgIpc) is 3.05. The summed E-state index contributed by atoms with van der Waals surface area (Å²) in [6.07, 6.45) is 1.86. The zero-order valence-corrected chi connectivity index (χ0v) is 12.0. The van der Waals surface area contributed by atoms with E-state index in [4.69, 9.17) is 5.84 Å². The van der Waals surface area contributed by atoms with Crippen molar-refractivity contribution < 1.29 is 0 Å². The molecule has 3 aromatic rings. The molecule has 104 valence electrons. The molecule has 3 aromatic heterocycles. The van der Waals surface area contributed by atoms with Gasteiger partial charge >= 0.3 is 0 Å². The first-order valence-corrected chi connectivity index (χ1v) is 7.00. The van der Waals surface area contributed by atoms with Crippen molar-refractivity contribution >= 4 is 33.3 Å². The molecule has 0 aliphatic heterocycles. The van der Waals surface area contributed by atoms with E-state index < -0.39 is 0 Å². The number of aromatic nitrogens is 4. The molecule has 0 spiro atoms. The molecule has 0 aromatic carbocycles. The van der Waals surface area contributed by atoms with Crippen molar-refractivity contribution in [1.29, 1.82) is 0 Å². The summed E-state index contributed by atoms with van der Waals surface area (Å²) in [7, 11) is 1.93. The van der Waals surface area contributed by atoms with Crippen molar-refractivity contribution in [2.24, 2.45) is 12.9 Å². The highest BCUT2D eigenvalue weighted by Crippen LogP contribution is 2.27. The summed E-state index contributed by atoms with van der Waals surface area (Å²) in [6, 6.07) is 1.95. The summed E-state index contributed by atoms with van der Waals surface area (Å²) in [6.45, 7) is 2.70. The van der Waals surface area contributed by atoms with Gasteiger partial charge in [-0.1, -0.05) is 0 Å². The number of anilines is 2.